The van der Waals surface area contributed by atoms with Crippen molar-refractivity contribution < 1.29 is 9.47 Å². The molecule has 0 heterocycles. The van der Waals surface area contributed by atoms with E-state index in [1.54, 1.807) is 7.11 Å². The first-order valence-corrected chi connectivity index (χ1v) is 6.35. The van der Waals surface area contributed by atoms with Crippen LogP contribution < -0.4 is 9.47 Å². The molecule has 1 radical (unpaired) electrons. The highest BCUT2D eigenvalue weighted by Gasteiger charge is 2.07. The van der Waals surface area contributed by atoms with Crippen molar-refractivity contribution in [1.82, 2.24) is 0 Å². The van der Waals surface area contributed by atoms with Gasteiger partial charge in [0.2, 0.25) is 0 Å². The van der Waals surface area contributed by atoms with Crippen LogP contribution in [0.15, 0.2) is 36.4 Å². The lowest BCUT2D eigenvalue weighted by Gasteiger charge is -2.14. The van der Waals surface area contributed by atoms with Crippen LogP contribution in [0.1, 0.15) is 16.7 Å². The Morgan fingerprint density at radius 2 is 1.63 bits per heavy atom. The van der Waals surface area contributed by atoms with Crippen molar-refractivity contribution in [2.45, 2.75) is 20.3 Å². The molecule has 0 aliphatic heterocycles. The van der Waals surface area contributed by atoms with Gasteiger partial charge < -0.3 is 9.47 Å². The van der Waals surface area contributed by atoms with Gasteiger partial charge in [0.25, 0.3) is 0 Å². The Balaban J connectivity index is 2.32. The Morgan fingerprint density at radius 3 is 2.21 bits per heavy atom. The SMILES string of the molecule is [CH2]Cc1cc(C)c(Oc2cccc(OC)c2)c(C)c1. The quantitative estimate of drug-likeness (QED) is 0.802. The third-order valence-electron chi connectivity index (χ3n) is 3.07. The highest BCUT2D eigenvalue weighted by atomic mass is 16.5. The van der Waals surface area contributed by atoms with Crippen molar-refractivity contribution in [2.75, 3.05) is 7.11 Å². The van der Waals surface area contributed by atoms with Crippen LogP contribution in [0.25, 0.3) is 0 Å². The molecular weight excluding hydrogens is 236 g/mol. The summed E-state index contributed by atoms with van der Waals surface area (Å²) in [6, 6.07) is 11.9. The maximum absolute atomic E-state index is 5.98. The van der Waals surface area contributed by atoms with Gasteiger partial charge in [0.1, 0.15) is 17.2 Å². The van der Waals surface area contributed by atoms with E-state index in [1.807, 2.05) is 24.3 Å². The van der Waals surface area contributed by atoms with Gasteiger partial charge in [-0.2, -0.15) is 0 Å². The van der Waals surface area contributed by atoms with Crippen LogP contribution in [-0.4, -0.2) is 7.11 Å². The first-order valence-electron chi connectivity index (χ1n) is 6.35. The van der Waals surface area contributed by atoms with Gasteiger partial charge in [0.05, 0.1) is 7.11 Å². The van der Waals surface area contributed by atoms with E-state index in [1.165, 1.54) is 5.56 Å². The molecule has 0 amide bonds. The van der Waals surface area contributed by atoms with E-state index in [0.717, 1.165) is 34.8 Å². The molecule has 2 rings (SSSR count). The third-order valence-corrected chi connectivity index (χ3v) is 3.07. The number of ether oxygens (including phenoxy) is 2. The molecule has 0 bridgehead atoms. The number of methoxy groups -OCH3 is 1. The Kier molecular flexibility index (Phi) is 4.10. The standard InChI is InChI=1S/C17H19O2/c1-5-14-9-12(2)17(13(3)10-14)19-16-8-6-7-15(11-16)18-4/h6-11H,1,5H2,2-4H3. The van der Waals surface area contributed by atoms with Gasteiger partial charge in [-0.15, -0.1) is 0 Å². The van der Waals surface area contributed by atoms with E-state index in [-0.39, 0.29) is 0 Å². The largest absolute Gasteiger partial charge is 0.497 e. The lowest BCUT2D eigenvalue weighted by Crippen LogP contribution is -1.94. The fourth-order valence-electron chi connectivity index (χ4n) is 2.13. The molecule has 2 aromatic rings. The van der Waals surface area contributed by atoms with Gasteiger partial charge >= 0.3 is 0 Å². The van der Waals surface area contributed by atoms with Crippen molar-refractivity contribution in [1.29, 1.82) is 0 Å². The van der Waals surface area contributed by atoms with Crippen LogP contribution in [0.2, 0.25) is 0 Å². The first-order chi connectivity index (χ1) is 9.13. The normalized spacial score (nSPS) is 10.3. The summed E-state index contributed by atoms with van der Waals surface area (Å²) in [5.74, 6) is 2.49. The number of hydrogen-bond donors (Lipinski definition) is 0. The fourth-order valence-corrected chi connectivity index (χ4v) is 2.13. The third kappa shape index (κ3) is 3.08. The van der Waals surface area contributed by atoms with Crippen LogP contribution in [0.3, 0.4) is 0 Å². The fraction of sp³-hybridized carbons (Fsp3) is 0.235. The molecule has 0 aliphatic carbocycles. The monoisotopic (exact) mass is 255 g/mol. The topological polar surface area (TPSA) is 18.5 Å². The van der Waals surface area contributed by atoms with E-state index in [2.05, 4.69) is 32.9 Å². The molecule has 0 saturated carbocycles. The molecule has 0 atom stereocenters. The number of aryl methyl sites for hydroxylation is 2. The van der Waals surface area contributed by atoms with Crippen LogP contribution >= 0.6 is 0 Å². The molecular formula is C17H19O2. The zero-order valence-corrected chi connectivity index (χ0v) is 11.7. The molecule has 0 saturated heterocycles. The average Bonchev–Trinajstić information content (AvgIpc) is 2.42. The van der Waals surface area contributed by atoms with Crippen molar-refractivity contribution >= 4 is 0 Å². The maximum atomic E-state index is 5.98. The van der Waals surface area contributed by atoms with Crippen LogP contribution in [0.4, 0.5) is 0 Å². The van der Waals surface area contributed by atoms with Gasteiger partial charge in [-0.1, -0.05) is 18.2 Å². The van der Waals surface area contributed by atoms with Crippen molar-refractivity contribution in [3.63, 3.8) is 0 Å². The predicted molar refractivity (Wildman–Crippen MR) is 78.0 cm³/mol. The molecule has 2 aromatic carbocycles. The zero-order chi connectivity index (χ0) is 13.8. The summed E-state index contributed by atoms with van der Waals surface area (Å²) in [7, 11) is 1.65. The zero-order valence-electron chi connectivity index (χ0n) is 11.7. The lowest BCUT2D eigenvalue weighted by molar-refractivity contribution is 0.408. The molecule has 0 fully saturated rings. The summed E-state index contributed by atoms with van der Waals surface area (Å²) in [6.45, 7) is 8.03. The molecule has 2 heteroatoms. The Labute approximate surface area is 115 Å². The van der Waals surface area contributed by atoms with E-state index in [0.29, 0.717) is 0 Å². The maximum Gasteiger partial charge on any atom is 0.133 e. The van der Waals surface area contributed by atoms with Gasteiger partial charge in [0.15, 0.2) is 0 Å². The van der Waals surface area contributed by atoms with Gasteiger partial charge in [0, 0.05) is 6.07 Å². The molecule has 0 unspecified atom stereocenters. The second-order valence-corrected chi connectivity index (χ2v) is 4.59. The number of benzene rings is 2. The van der Waals surface area contributed by atoms with Crippen LogP contribution in [0.5, 0.6) is 17.2 Å². The van der Waals surface area contributed by atoms with Crippen LogP contribution in [-0.2, 0) is 6.42 Å². The highest BCUT2D eigenvalue weighted by molar-refractivity contribution is 5.46. The van der Waals surface area contributed by atoms with E-state index in [9.17, 15) is 0 Å². The Morgan fingerprint density at radius 1 is 1.00 bits per heavy atom. The van der Waals surface area contributed by atoms with E-state index >= 15 is 0 Å². The molecule has 0 N–H and O–H groups in total. The van der Waals surface area contributed by atoms with Crippen molar-refractivity contribution in [2.24, 2.45) is 0 Å². The predicted octanol–water partition coefficient (Wildman–Crippen LogP) is 4.48. The number of hydrogen-bond acceptors (Lipinski definition) is 2. The van der Waals surface area contributed by atoms with Gasteiger partial charge in [-0.25, -0.2) is 0 Å². The molecule has 0 aliphatic rings. The molecule has 0 aromatic heterocycles. The minimum absolute atomic E-state index is 0.785. The molecule has 99 valence electrons. The minimum atomic E-state index is 0.785. The summed E-state index contributed by atoms with van der Waals surface area (Å²) in [6.07, 6.45) is 0.793. The summed E-state index contributed by atoms with van der Waals surface area (Å²) >= 11 is 0. The minimum Gasteiger partial charge on any atom is -0.497 e. The smallest absolute Gasteiger partial charge is 0.133 e. The summed E-state index contributed by atoms with van der Waals surface area (Å²) in [4.78, 5) is 0. The number of rotatable bonds is 4. The summed E-state index contributed by atoms with van der Waals surface area (Å²) in [5, 5.41) is 0. The van der Waals surface area contributed by atoms with E-state index in [4.69, 9.17) is 9.47 Å². The summed E-state index contributed by atoms with van der Waals surface area (Å²) < 4.78 is 11.2. The first kappa shape index (κ1) is 13.5. The van der Waals surface area contributed by atoms with E-state index < -0.39 is 0 Å². The summed E-state index contributed by atoms with van der Waals surface area (Å²) in [5.41, 5.74) is 3.48. The van der Waals surface area contributed by atoms with Crippen molar-refractivity contribution in [3.8, 4) is 17.2 Å². The van der Waals surface area contributed by atoms with Gasteiger partial charge in [-0.3, -0.25) is 0 Å². The molecule has 19 heavy (non-hydrogen) atoms. The Hall–Kier alpha value is -1.96. The van der Waals surface area contributed by atoms with Crippen LogP contribution in [0, 0.1) is 20.8 Å². The highest BCUT2D eigenvalue weighted by Crippen LogP contribution is 2.31. The lowest BCUT2D eigenvalue weighted by atomic mass is 10.0. The second-order valence-electron chi connectivity index (χ2n) is 4.59. The molecule has 2 nitrogen and oxygen atoms in total. The molecule has 0 spiro atoms. The Bertz CT molecular complexity index is 550. The average molecular weight is 255 g/mol. The van der Waals surface area contributed by atoms with Crippen molar-refractivity contribution in [3.05, 3.63) is 60.0 Å². The second kappa shape index (κ2) is 5.79. The van der Waals surface area contributed by atoms with Gasteiger partial charge in [-0.05, 0) is 56.0 Å².